The molecule has 14 heteroatoms. The molecule has 3 saturated heterocycles. The van der Waals surface area contributed by atoms with E-state index in [0.717, 1.165) is 98.8 Å². The van der Waals surface area contributed by atoms with Crippen LogP contribution in [-0.2, 0) is 16.6 Å². The van der Waals surface area contributed by atoms with E-state index in [0.29, 0.717) is 19.0 Å². The van der Waals surface area contributed by atoms with Gasteiger partial charge in [-0.2, -0.15) is 0 Å². The van der Waals surface area contributed by atoms with E-state index < -0.39 is 11.9 Å². The molecule has 1 unspecified atom stereocenters. The maximum absolute atomic E-state index is 13.4. The number of rotatable bonds is 5. The number of imide groups is 1. The van der Waals surface area contributed by atoms with Crippen LogP contribution >= 0.6 is 11.3 Å². The molecule has 4 aliphatic heterocycles. The van der Waals surface area contributed by atoms with Gasteiger partial charge in [0.15, 0.2) is 0 Å². The predicted octanol–water partition coefficient (Wildman–Crippen LogP) is 4.30. The first-order valence-electron chi connectivity index (χ1n) is 19.0. The van der Waals surface area contributed by atoms with Gasteiger partial charge in [0.1, 0.15) is 10.9 Å². The van der Waals surface area contributed by atoms with Crippen LogP contribution in [-0.4, -0.2) is 94.6 Å². The van der Waals surface area contributed by atoms with Crippen molar-refractivity contribution in [2.24, 2.45) is 7.05 Å². The number of imidazole rings is 1. The van der Waals surface area contributed by atoms with E-state index in [4.69, 9.17) is 4.98 Å². The van der Waals surface area contributed by atoms with Crippen LogP contribution in [0.1, 0.15) is 35.5 Å². The molecule has 0 bridgehead atoms. The van der Waals surface area contributed by atoms with E-state index in [1.807, 2.05) is 19.1 Å². The number of pyridine rings is 1. The number of hydrogen-bond donors (Lipinski definition) is 3. The van der Waals surface area contributed by atoms with Crippen molar-refractivity contribution >= 4 is 78.1 Å². The topological polar surface area (TPSA) is 137 Å². The minimum Gasteiger partial charge on any atom is -0.381 e. The van der Waals surface area contributed by atoms with Gasteiger partial charge in [0.2, 0.25) is 11.8 Å². The molecule has 280 valence electrons. The van der Waals surface area contributed by atoms with Crippen LogP contribution in [0.25, 0.3) is 43.3 Å². The molecule has 0 spiro atoms. The Kier molecular flexibility index (Phi) is 7.96. The fraction of sp³-hybridized carbons (Fsp3) is 0.341. The second-order valence-electron chi connectivity index (χ2n) is 15.2. The highest BCUT2D eigenvalue weighted by atomic mass is 32.1. The first kappa shape index (κ1) is 33.8. The number of nitrogens with one attached hydrogen (secondary N) is 3. The number of piperidine rings is 1. The normalized spacial score (nSPS) is 21.0. The molecular weight excluding hydrogens is 715 g/mol. The Labute approximate surface area is 320 Å². The summed E-state index contributed by atoms with van der Waals surface area (Å²) in [6, 6.07) is 22.7. The Balaban J connectivity index is 0.797. The van der Waals surface area contributed by atoms with Gasteiger partial charge in [0.25, 0.3) is 5.91 Å². The van der Waals surface area contributed by atoms with E-state index in [1.165, 1.54) is 17.0 Å². The van der Waals surface area contributed by atoms with Crippen molar-refractivity contribution < 1.29 is 14.4 Å². The molecule has 7 heterocycles. The number of amides is 3. The number of para-hydroxylation sites is 1. The highest BCUT2D eigenvalue weighted by molar-refractivity contribution is 7.21. The average Bonchev–Trinajstić information content (AvgIpc) is 3.63. The molecular formula is C41H41N9O4S. The second-order valence-corrected chi connectivity index (χ2v) is 16.3. The summed E-state index contributed by atoms with van der Waals surface area (Å²) in [7, 11) is 1.76. The number of thiophene rings is 1. The van der Waals surface area contributed by atoms with Gasteiger partial charge in [-0.1, -0.05) is 18.2 Å². The Morgan fingerprint density at radius 2 is 1.67 bits per heavy atom. The van der Waals surface area contributed by atoms with E-state index in [9.17, 15) is 19.2 Å². The molecule has 3 aromatic carbocycles. The predicted molar refractivity (Wildman–Crippen MR) is 216 cm³/mol. The zero-order chi connectivity index (χ0) is 37.5. The lowest BCUT2D eigenvalue weighted by Gasteiger charge is -2.49. The van der Waals surface area contributed by atoms with E-state index in [2.05, 4.69) is 85.2 Å². The van der Waals surface area contributed by atoms with Crippen LogP contribution in [0.2, 0.25) is 0 Å². The first-order chi connectivity index (χ1) is 26.7. The fourth-order valence-electron chi connectivity index (χ4n) is 8.86. The van der Waals surface area contributed by atoms with Crippen LogP contribution < -0.4 is 31.4 Å². The Morgan fingerprint density at radius 1 is 0.873 bits per heavy atom. The van der Waals surface area contributed by atoms with Crippen molar-refractivity contribution in [1.82, 2.24) is 29.7 Å². The van der Waals surface area contributed by atoms with Gasteiger partial charge in [-0.15, -0.1) is 11.3 Å². The zero-order valence-electron chi connectivity index (χ0n) is 30.7. The number of fused-ring (bicyclic) bond motifs is 6. The number of aryl methyl sites for hydroxylation is 1. The SMILES string of the molecule is C[C@@H]1CNc2c(sc3ccc4nc(-c5ccc(N6CCN(C7CN(c8cccc9c8n(C)c(=O)n9C8CCC(=O)NC8=O)C7)CC6)cc5)ccc4c23)C(=O)N1. The quantitative estimate of drug-likeness (QED) is 0.220. The summed E-state index contributed by atoms with van der Waals surface area (Å²) in [6.45, 7) is 8.25. The third-order valence-electron chi connectivity index (χ3n) is 11.9. The molecule has 55 heavy (non-hydrogen) atoms. The average molecular weight is 756 g/mol. The summed E-state index contributed by atoms with van der Waals surface area (Å²) in [4.78, 5) is 63.8. The number of anilines is 3. The summed E-state index contributed by atoms with van der Waals surface area (Å²) >= 11 is 1.52. The van der Waals surface area contributed by atoms with Gasteiger partial charge in [0, 0.05) is 98.1 Å². The highest BCUT2D eigenvalue weighted by Crippen LogP contribution is 2.41. The summed E-state index contributed by atoms with van der Waals surface area (Å²) in [5.41, 5.74) is 7.29. The smallest absolute Gasteiger partial charge is 0.329 e. The van der Waals surface area contributed by atoms with Gasteiger partial charge >= 0.3 is 5.69 Å². The van der Waals surface area contributed by atoms with Crippen LogP contribution in [0.3, 0.4) is 0 Å². The summed E-state index contributed by atoms with van der Waals surface area (Å²) in [5.74, 6) is -0.738. The van der Waals surface area contributed by atoms with Gasteiger partial charge in [-0.25, -0.2) is 9.78 Å². The standard InChI is InChI=1S/C41H41N9O4S/c1-23-20-42-36-35-27-10-11-28(44-29(27)12-14-33(35)55-38(36)40(53)43-23)24-6-8-25(9-7-24)47-16-18-48(19-17-47)26-21-49(22-26)30-4-3-5-31-37(30)46(2)41(54)50(31)32-13-15-34(51)45-39(32)52/h3-12,14,23,26,32,42H,13,15-22H2,1-2H3,(H,43,53)(H,45,51,52)/t23-,32?/m1/s1. The summed E-state index contributed by atoms with van der Waals surface area (Å²) < 4.78 is 4.27. The Hall–Kier alpha value is -5.73. The second kappa shape index (κ2) is 12.9. The Morgan fingerprint density at radius 3 is 2.45 bits per heavy atom. The minimum atomic E-state index is -0.695. The molecule has 0 aliphatic carbocycles. The van der Waals surface area contributed by atoms with E-state index in [1.54, 1.807) is 16.2 Å². The van der Waals surface area contributed by atoms with Crippen LogP contribution in [0.4, 0.5) is 17.1 Å². The summed E-state index contributed by atoms with van der Waals surface area (Å²) in [5, 5.41) is 11.1. The first-order valence-corrected chi connectivity index (χ1v) is 19.8. The number of benzene rings is 3. The van der Waals surface area contributed by atoms with Gasteiger partial charge in [-0.3, -0.25) is 33.7 Å². The Bertz CT molecular complexity index is 2610. The molecule has 3 amide bonds. The van der Waals surface area contributed by atoms with Crippen LogP contribution in [0.5, 0.6) is 0 Å². The molecule has 3 fully saturated rings. The van der Waals surface area contributed by atoms with Gasteiger partial charge in [0.05, 0.1) is 33.6 Å². The monoisotopic (exact) mass is 755 g/mol. The zero-order valence-corrected chi connectivity index (χ0v) is 31.5. The fourth-order valence-corrected chi connectivity index (χ4v) is 9.96. The molecule has 3 N–H and O–H groups in total. The third-order valence-corrected chi connectivity index (χ3v) is 13.0. The van der Waals surface area contributed by atoms with Crippen LogP contribution in [0, 0.1) is 0 Å². The van der Waals surface area contributed by atoms with Gasteiger partial charge in [-0.05, 0) is 61.9 Å². The number of hydrogen-bond acceptors (Lipinski definition) is 10. The maximum atomic E-state index is 13.4. The molecule has 10 rings (SSSR count). The molecule has 3 aromatic heterocycles. The highest BCUT2D eigenvalue weighted by Gasteiger charge is 2.37. The lowest BCUT2D eigenvalue weighted by atomic mass is 10.0. The number of nitrogens with zero attached hydrogens (tertiary/aromatic N) is 6. The van der Waals surface area contributed by atoms with Crippen molar-refractivity contribution in [3.8, 4) is 11.3 Å². The van der Waals surface area contributed by atoms with E-state index in [-0.39, 0.29) is 30.0 Å². The number of carbonyl (C=O) groups excluding carboxylic acids is 3. The lowest BCUT2D eigenvalue weighted by Crippen LogP contribution is -2.63. The van der Waals surface area contributed by atoms with Crippen molar-refractivity contribution in [2.75, 3.05) is 60.9 Å². The number of piperazine rings is 1. The molecule has 4 aliphatic rings. The lowest BCUT2D eigenvalue weighted by molar-refractivity contribution is -0.135. The molecule has 6 aromatic rings. The van der Waals surface area contributed by atoms with Gasteiger partial charge < -0.3 is 20.4 Å². The van der Waals surface area contributed by atoms with Crippen molar-refractivity contribution in [3.05, 3.63) is 82.1 Å². The minimum absolute atomic E-state index is 0.0240. The largest absolute Gasteiger partial charge is 0.381 e. The van der Waals surface area contributed by atoms with Crippen molar-refractivity contribution in [2.45, 2.75) is 37.9 Å². The van der Waals surface area contributed by atoms with Crippen LogP contribution in [0.15, 0.2) is 71.5 Å². The third kappa shape index (κ3) is 5.57. The molecule has 2 atom stereocenters. The summed E-state index contributed by atoms with van der Waals surface area (Å²) in [6.07, 6.45) is 0.538. The van der Waals surface area contributed by atoms with E-state index >= 15 is 0 Å². The van der Waals surface area contributed by atoms with Crippen molar-refractivity contribution in [1.29, 1.82) is 0 Å². The molecule has 13 nitrogen and oxygen atoms in total. The van der Waals surface area contributed by atoms with Crippen molar-refractivity contribution in [3.63, 3.8) is 0 Å². The molecule has 0 saturated carbocycles. The number of aromatic nitrogens is 3. The number of carbonyl (C=O) groups is 3. The maximum Gasteiger partial charge on any atom is 0.329 e. The molecule has 0 radical (unpaired) electrons.